The molecule has 0 bridgehead atoms. The normalized spacial score (nSPS) is 16.6. The van der Waals surface area contributed by atoms with Crippen molar-refractivity contribution in [1.82, 2.24) is 0 Å². The van der Waals surface area contributed by atoms with Gasteiger partial charge in [-0.05, 0) is 0 Å². The van der Waals surface area contributed by atoms with Gasteiger partial charge in [-0.1, -0.05) is 13.3 Å². The van der Waals surface area contributed by atoms with E-state index in [0.717, 1.165) is 0 Å². The van der Waals surface area contributed by atoms with Gasteiger partial charge in [0.15, 0.2) is 0 Å². The average Bonchev–Trinajstić information content (AvgIpc) is 2.52. The fraction of sp³-hybridized carbons (Fsp3) is 1.00. The zero-order valence-electron chi connectivity index (χ0n) is 14.1. The van der Waals surface area contributed by atoms with Crippen molar-refractivity contribution in [2.45, 2.75) is 66.5 Å². The Morgan fingerprint density at radius 1 is 0.548 bits per heavy atom. The van der Waals surface area contributed by atoms with Crippen LogP contribution in [-0.4, -0.2) is 59.7 Å². The summed E-state index contributed by atoms with van der Waals surface area (Å²) in [6, 6.07) is 0. The zero-order valence-corrected chi connectivity index (χ0v) is 15.0. The Morgan fingerprint density at radius 2 is 0.806 bits per heavy atom. The van der Waals surface area contributed by atoms with Gasteiger partial charge in [0, 0.05) is 6.42 Å². The van der Waals surface area contributed by atoms with E-state index in [9.17, 15) is 78.7 Å². The van der Waals surface area contributed by atoms with Crippen LogP contribution in [0, 0.1) is 0 Å². The van der Waals surface area contributed by atoms with Crippen LogP contribution in [0.3, 0.4) is 0 Å². The maximum Gasteiger partial charge on any atom is 0.438 e. The molecule has 0 heterocycles. The topological polar surface area (TPSA) is 54.4 Å². The highest BCUT2D eigenvalue weighted by molar-refractivity contribution is 7.87. The summed E-state index contributed by atoms with van der Waals surface area (Å²) in [5, 5.41) is -7.77. The average molecular weight is 524 g/mol. The first kappa shape index (κ1) is 29.8. The van der Waals surface area contributed by atoms with Gasteiger partial charge in [-0.3, -0.25) is 4.55 Å². The second-order valence-electron chi connectivity index (χ2n) is 5.89. The van der Waals surface area contributed by atoms with E-state index in [1.165, 1.54) is 0 Å². The molecule has 0 rings (SSSR count). The lowest BCUT2D eigenvalue weighted by molar-refractivity contribution is -0.449. The lowest BCUT2D eigenvalue weighted by atomic mass is 9.88. The molecule has 0 aliphatic heterocycles. The molecule has 0 aromatic heterocycles. The second kappa shape index (κ2) is 7.41. The molecule has 0 aliphatic carbocycles. The predicted octanol–water partition coefficient (Wildman–Crippen LogP) is 5.71. The van der Waals surface area contributed by atoms with Gasteiger partial charge in [-0.15, -0.1) is 0 Å². The van der Waals surface area contributed by atoms with Crippen molar-refractivity contribution >= 4 is 10.1 Å². The molecule has 0 aromatic rings. The Hall–Kier alpha value is -1.21. The number of hydrogen-bond donors (Lipinski definition) is 1. The van der Waals surface area contributed by atoms with E-state index in [4.69, 9.17) is 4.55 Å². The molecule has 0 saturated carbocycles. The number of halogens is 16. The zero-order chi connectivity index (χ0) is 25.9. The Morgan fingerprint density at radius 3 is 1.06 bits per heavy atom. The maximum absolute atomic E-state index is 13.4. The molecule has 188 valence electrons. The van der Waals surface area contributed by atoms with E-state index in [0.29, 0.717) is 6.92 Å². The lowest BCUT2D eigenvalue weighted by Gasteiger charge is -2.43. The molecule has 0 atom stereocenters. The molecular weight excluding hydrogens is 516 g/mol. The predicted molar refractivity (Wildman–Crippen MR) is 66.0 cm³/mol. The Bertz CT molecular complexity index is 772. The summed E-state index contributed by atoms with van der Waals surface area (Å²) in [6.07, 6.45) is -3.65. The van der Waals surface area contributed by atoms with Crippen LogP contribution in [0.1, 0.15) is 19.8 Å². The van der Waals surface area contributed by atoms with Crippen molar-refractivity contribution in [1.29, 1.82) is 0 Å². The molecule has 0 saturated heterocycles. The second-order valence-corrected chi connectivity index (χ2v) is 7.36. The van der Waals surface area contributed by atoms with E-state index in [2.05, 4.69) is 0 Å². The minimum absolute atomic E-state index is 0.557. The van der Waals surface area contributed by atoms with Gasteiger partial charge >= 0.3 is 56.8 Å². The highest BCUT2D eigenvalue weighted by Gasteiger charge is 2.95. The van der Waals surface area contributed by atoms with Crippen LogP contribution in [0.5, 0.6) is 0 Å². The SMILES string of the molecule is CCCC(F)(F)C(F)(F)C(F)(F)C(F)(F)C(F)(F)C(F)(F)C(F)(F)C(F)(F)S(=O)(=O)O. The Kier molecular flexibility index (Phi) is 7.12. The van der Waals surface area contributed by atoms with Crippen molar-refractivity contribution < 1.29 is 83.2 Å². The van der Waals surface area contributed by atoms with Crippen LogP contribution in [0.4, 0.5) is 70.2 Å². The van der Waals surface area contributed by atoms with Gasteiger partial charge in [0.05, 0.1) is 0 Å². The van der Waals surface area contributed by atoms with E-state index in [-0.39, 0.29) is 0 Å². The minimum Gasteiger partial charge on any atom is -0.281 e. The van der Waals surface area contributed by atoms with Crippen molar-refractivity contribution in [2.75, 3.05) is 0 Å². The smallest absolute Gasteiger partial charge is 0.281 e. The fourth-order valence-corrected chi connectivity index (χ4v) is 2.29. The molecule has 0 spiro atoms. The van der Waals surface area contributed by atoms with Crippen LogP contribution in [0.15, 0.2) is 0 Å². The third-order valence-electron chi connectivity index (χ3n) is 3.68. The number of alkyl halides is 16. The molecule has 0 aromatic carbocycles. The monoisotopic (exact) mass is 524 g/mol. The molecule has 3 nitrogen and oxygen atoms in total. The van der Waals surface area contributed by atoms with Crippen LogP contribution >= 0.6 is 0 Å². The maximum atomic E-state index is 13.4. The molecule has 0 aliphatic rings. The summed E-state index contributed by atoms with van der Waals surface area (Å²) in [7, 11) is -7.84. The van der Waals surface area contributed by atoms with E-state index < -0.39 is 69.7 Å². The summed E-state index contributed by atoms with van der Waals surface area (Å²) in [4.78, 5) is 0. The Balaban J connectivity index is 6.91. The highest BCUT2D eigenvalue weighted by Crippen LogP contribution is 2.64. The van der Waals surface area contributed by atoms with Gasteiger partial charge in [-0.2, -0.15) is 78.7 Å². The number of rotatable bonds is 10. The third-order valence-corrected chi connectivity index (χ3v) is 4.59. The standard InChI is InChI=1S/C11H8F16O3S/c1-2-3-4(12,13)5(14,15)6(16,17)7(18,19)8(20,21)9(22,23)10(24,25)11(26,27)31(28,29)30/h2-3H2,1H3,(H,28,29,30). The molecule has 31 heavy (non-hydrogen) atoms. The molecule has 0 radical (unpaired) electrons. The molecule has 0 fully saturated rings. The lowest BCUT2D eigenvalue weighted by Crippen LogP contribution is -2.75. The van der Waals surface area contributed by atoms with E-state index in [1.807, 2.05) is 0 Å². The first-order valence-electron chi connectivity index (χ1n) is 7.05. The summed E-state index contributed by atoms with van der Waals surface area (Å²) in [5.74, 6) is -56.6. The van der Waals surface area contributed by atoms with Crippen molar-refractivity contribution in [2.24, 2.45) is 0 Å². The van der Waals surface area contributed by atoms with Crippen LogP contribution in [0.2, 0.25) is 0 Å². The molecular formula is C11H8F16O3S. The Labute approximate surface area is 161 Å². The first-order valence-corrected chi connectivity index (χ1v) is 8.49. The molecule has 0 unspecified atom stereocenters. The fourth-order valence-electron chi connectivity index (χ4n) is 1.83. The highest BCUT2D eigenvalue weighted by atomic mass is 32.2. The van der Waals surface area contributed by atoms with Gasteiger partial charge in [0.25, 0.3) is 0 Å². The van der Waals surface area contributed by atoms with Crippen molar-refractivity contribution in [3.63, 3.8) is 0 Å². The minimum atomic E-state index is -8.73. The summed E-state index contributed by atoms with van der Waals surface area (Å²) in [6.45, 7) is 0.557. The van der Waals surface area contributed by atoms with Gasteiger partial charge < -0.3 is 0 Å². The molecule has 0 amide bonds. The largest absolute Gasteiger partial charge is 0.438 e. The van der Waals surface area contributed by atoms with Crippen LogP contribution in [-0.2, 0) is 10.1 Å². The van der Waals surface area contributed by atoms with E-state index >= 15 is 0 Å². The van der Waals surface area contributed by atoms with Crippen LogP contribution < -0.4 is 0 Å². The van der Waals surface area contributed by atoms with Crippen molar-refractivity contribution in [3.05, 3.63) is 0 Å². The van der Waals surface area contributed by atoms with Gasteiger partial charge in [0.1, 0.15) is 0 Å². The van der Waals surface area contributed by atoms with E-state index in [1.54, 1.807) is 0 Å². The first-order chi connectivity index (χ1) is 13.1. The summed E-state index contributed by atoms with van der Waals surface area (Å²) < 4.78 is 239. The van der Waals surface area contributed by atoms with Gasteiger partial charge in [-0.25, -0.2) is 0 Å². The number of hydrogen-bond acceptors (Lipinski definition) is 2. The molecule has 20 heteroatoms. The summed E-state index contributed by atoms with van der Waals surface area (Å²) >= 11 is 0. The molecule has 1 N–H and O–H groups in total. The third kappa shape index (κ3) is 3.69. The van der Waals surface area contributed by atoms with Crippen molar-refractivity contribution in [3.8, 4) is 0 Å². The summed E-state index contributed by atoms with van der Waals surface area (Å²) in [5.41, 5.74) is 0. The van der Waals surface area contributed by atoms with Gasteiger partial charge in [0.2, 0.25) is 0 Å². The van der Waals surface area contributed by atoms with Crippen LogP contribution in [0.25, 0.3) is 0 Å². The quantitative estimate of drug-likeness (QED) is 0.294.